The number of alkyl halides is 3. The van der Waals surface area contributed by atoms with Crippen molar-refractivity contribution >= 4 is 18.1 Å². The number of piperidine rings is 1. The summed E-state index contributed by atoms with van der Waals surface area (Å²) in [5, 5.41) is 11.6. The molecule has 9 nitrogen and oxygen atoms in total. The fourth-order valence-electron chi connectivity index (χ4n) is 4.16. The molecule has 1 aromatic heterocycles. The quantitative estimate of drug-likeness (QED) is 0.525. The predicted octanol–water partition coefficient (Wildman–Crippen LogP) is 4.31. The van der Waals surface area contributed by atoms with Gasteiger partial charge in [0.05, 0.1) is 12.1 Å². The second kappa shape index (κ2) is 11.3. The summed E-state index contributed by atoms with van der Waals surface area (Å²) in [4.78, 5) is 30.0. The van der Waals surface area contributed by atoms with Crippen molar-refractivity contribution in [1.29, 1.82) is 0 Å². The third kappa shape index (κ3) is 7.77. The molecule has 0 spiro atoms. The van der Waals surface area contributed by atoms with Crippen LogP contribution in [0.4, 0.5) is 18.0 Å². The van der Waals surface area contributed by atoms with Crippen LogP contribution in [-0.4, -0.2) is 73.3 Å². The van der Waals surface area contributed by atoms with Gasteiger partial charge in [0, 0.05) is 31.8 Å². The van der Waals surface area contributed by atoms with Crippen molar-refractivity contribution in [2.24, 2.45) is 0 Å². The first-order chi connectivity index (χ1) is 17.3. The van der Waals surface area contributed by atoms with Crippen molar-refractivity contribution in [1.82, 2.24) is 30.0 Å². The van der Waals surface area contributed by atoms with Gasteiger partial charge in [0.15, 0.2) is 5.82 Å². The fraction of sp³-hybridized carbons (Fsp3) is 0.560. The highest BCUT2D eigenvalue weighted by Crippen LogP contribution is 2.31. The Morgan fingerprint density at radius 1 is 1.19 bits per heavy atom. The van der Waals surface area contributed by atoms with Crippen LogP contribution in [0.5, 0.6) is 0 Å². The lowest BCUT2D eigenvalue weighted by Crippen LogP contribution is -2.49. The Bertz CT molecular complexity index is 1130. The number of carbonyl (C=O) groups excluding carboxylic acids is 2. The molecule has 0 unspecified atom stereocenters. The molecule has 37 heavy (non-hydrogen) atoms. The number of likely N-dealkylation sites (N-methyl/N-ethyl adjacent to an activating group) is 1. The molecule has 1 aliphatic heterocycles. The van der Waals surface area contributed by atoms with E-state index in [-0.39, 0.29) is 24.6 Å². The summed E-state index contributed by atoms with van der Waals surface area (Å²) in [6.45, 7) is 10.3. The molecular formula is C25H33F3N6O3. The van der Waals surface area contributed by atoms with Gasteiger partial charge in [-0.15, -0.1) is 10.2 Å². The minimum atomic E-state index is -4.51. The van der Waals surface area contributed by atoms with E-state index in [4.69, 9.17) is 4.74 Å². The number of aromatic nitrogens is 4. The molecule has 2 heterocycles. The zero-order valence-corrected chi connectivity index (χ0v) is 21.7. The van der Waals surface area contributed by atoms with Gasteiger partial charge in [-0.05, 0) is 82.0 Å². The Hall–Kier alpha value is -3.44. The number of tetrazole rings is 1. The van der Waals surface area contributed by atoms with Crippen molar-refractivity contribution in [2.75, 3.05) is 19.6 Å². The maximum Gasteiger partial charge on any atom is 0.416 e. The number of hydrogen-bond acceptors (Lipinski definition) is 6. The molecule has 0 saturated carbocycles. The first kappa shape index (κ1) is 28.1. The van der Waals surface area contributed by atoms with Crippen LogP contribution in [0.15, 0.2) is 24.3 Å². The van der Waals surface area contributed by atoms with Crippen molar-refractivity contribution < 1.29 is 27.5 Å². The van der Waals surface area contributed by atoms with Gasteiger partial charge in [-0.25, -0.2) is 4.79 Å². The number of ether oxygens (including phenoxy) is 1. The van der Waals surface area contributed by atoms with Crippen LogP contribution < -0.4 is 0 Å². The Labute approximate surface area is 214 Å². The van der Waals surface area contributed by atoms with E-state index in [1.165, 1.54) is 23.0 Å². The third-order valence-electron chi connectivity index (χ3n) is 5.92. The summed E-state index contributed by atoms with van der Waals surface area (Å²) in [5.74, 6) is 0.148. The zero-order chi connectivity index (χ0) is 27.4. The number of rotatable bonds is 6. The average molecular weight is 523 g/mol. The highest BCUT2D eigenvalue weighted by atomic mass is 19.4. The first-order valence-electron chi connectivity index (χ1n) is 12.2. The van der Waals surface area contributed by atoms with Gasteiger partial charge in [-0.3, -0.25) is 4.79 Å². The maximum atomic E-state index is 13.3. The van der Waals surface area contributed by atoms with Crippen LogP contribution in [0, 0.1) is 6.92 Å². The Kier molecular flexibility index (Phi) is 8.60. The molecule has 0 N–H and O–H groups in total. The number of likely N-dealkylation sites (tertiary alicyclic amines) is 1. The molecule has 0 aliphatic carbocycles. The molecule has 202 valence electrons. The first-order valence-corrected chi connectivity index (χ1v) is 12.2. The monoisotopic (exact) mass is 522 g/mol. The molecule has 1 aromatic carbocycles. The second-order valence-corrected chi connectivity index (χ2v) is 9.93. The minimum Gasteiger partial charge on any atom is -0.444 e. The molecular weight excluding hydrogens is 489 g/mol. The second-order valence-electron chi connectivity index (χ2n) is 9.93. The van der Waals surface area contributed by atoms with Crippen molar-refractivity contribution in [3.63, 3.8) is 0 Å². The summed E-state index contributed by atoms with van der Waals surface area (Å²) in [6, 6.07) is 3.29. The van der Waals surface area contributed by atoms with E-state index in [1.54, 1.807) is 16.7 Å². The van der Waals surface area contributed by atoms with E-state index >= 15 is 0 Å². The van der Waals surface area contributed by atoms with Gasteiger partial charge in [-0.1, -0.05) is 6.07 Å². The van der Waals surface area contributed by atoms with Crippen molar-refractivity contribution in [3.05, 3.63) is 46.8 Å². The Balaban J connectivity index is 1.72. The van der Waals surface area contributed by atoms with Crippen LogP contribution in [0.25, 0.3) is 6.08 Å². The SMILES string of the molecule is CCN(C(=O)/C=C/c1ccc(C(F)(F)F)cc1Cn1nnc(C)n1)C1CCN(C(=O)OC(C)(C)C)CC1. The maximum absolute atomic E-state index is 13.3. The van der Waals surface area contributed by atoms with E-state index in [0.717, 1.165) is 12.1 Å². The Morgan fingerprint density at radius 2 is 1.86 bits per heavy atom. The molecule has 1 aliphatic rings. The number of aryl methyl sites for hydroxylation is 1. The summed E-state index contributed by atoms with van der Waals surface area (Å²) >= 11 is 0. The van der Waals surface area contributed by atoms with Crippen molar-refractivity contribution in [3.8, 4) is 0 Å². The molecule has 0 atom stereocenters. The molecule has 1 fully saturated rings. The highest BCUT2D eigenvalue weighted by molar-refractivity contribution is 5.92. The lowest BCUT2D eigenvalue weighted by atomic mass is 10.0. The molecule has 2 aromatic rings. The highest BCUT2D eigenvalue weighted by Gasteiger charge is 2.32. The average Bonchev–Trinajstić information content (AvgIpc) is 3.21. The molecule has 1 saturated heterocycles. The fourth-order valence-corrected chi connectivity index (χ4v) is 4.16. The van der Waals surface area contributed by atoms with E-state index in [0.29, 0.717) is 49.4 Å². The summed E-state index contributed by atoms with van der Waals surface area (Å²) in [5.41, 5.74) is -0.615. The molecule has 0 radical (unpaired) electrons. The predicted molar refractivity (Wildman–Crippen MR) is 130 cm³/mol. The van der Waals surface area contributed by atoms with E-state index in [2.05, 4.69) is 15.4 Å². The summed E-state index contributed by atoms with van der Waals surface area (Å²) in [7, 11) is 0. The van der Waals surface area contributed by atoms with Crippen LogP contribution in [0.3, 0.4) is 0 Å². The van der Waals surface area contributed by atoms with E-state index in [1.807, 2.05) is 27.7 Å². The number of hydrogen-bond donors (Lipinski definition) is 0. The number of nitrogens with zero attached hydrogens (tertiary/aromatic N) is 6. The summed E-state index contributed by atoms with van der Waals surface area (Å²) in [6.07, 6.45) is -0.778. The topological polar surface area (TPSA) is 93.5 Å². The Morgan fingerprint density at radius 3 is 2.41 bits per heavy atom. The lowest BCUT2D eigenvalue weighted by Gasteiger charge is -2.38. The van der Waals surface area contributed by atoms with Crippen LogP contribution in [0.2, 0.25) is 0 Å². The number of halogens is 3. The minimum absolute atomic E-state index is 0.0285. The number of carbonyl (C=O) groups is 2. The normalized spacial score (nSPS) is 15.3. The molecule has 2 amide bonds. The third-order valence-corrected chi connectivity index (χ3v) is 5.92. The van der Waals surface area contributed by atoms with Gasteiger partial charge < -0.3 is 14.5 Å². The zero-order valence-electron chi connectivity index (χ0n) is 21.7. The van der Waals surface area contributed by atoms with Gasteiger partial charge >= 0.3 is 12.3 Å². The smallest absolute Gasteiger partial charge is 0.416 e. The van der Waals surface area contributed by atoms with E-state index in [9.17, 15) is 22.8 Å². The number of amides is 2. The molecule has 12 heteroatoms. The summed E-state index contributed by atoms with van der Waals surface area (Å²) < 4.78 is 45.4. The number of benzene rings is 1. The van der Waals surface area contributed by atoms with E-state index < -0.39 is 17.3 Å². The van der Waals surface area contributed by atoms with Gasteiger partial charge in [0.2, 0.25) is 5.91 Å². The van der Waals surface area contributed by atoms with Crippen molar-refractivity contribution in [2.45, 2.75) is 71.8 Å². The largest absolute Gasteiger partial charge is 0.444 e. The van der Waals surface area contributed by atoms with Crippen LogP contribution in [0.1, 0.15) is 63.1 Å². The van der Waals surface area contributed by atoms with Gasteiger partial charge in [0.1, 0.15) is 5.60 Å². The lowest BCUT2D eigenvalue weighted by molar-refractivity contribution is -0.137. The van der Waals surface area contributed by atoms with Crippen LogP contribution >= 0.6 is 0 Å². The standard InChI is InChI=1S/C25H33F3N6O3/c1-6-33(21-11-13-32(14-12-21)23(36)37-24(3,4)5)22(35)10-8-18-7-9-20(25(26,27)28)15-19(18)16-34-30-17(2)29-31-34/h7-10,15,21H,6,11-14,16H2,1-5H3/b10-8+. The van der Waals surface area contributed by atoms with Gasteiger partial charge in [-0.2, -0.15) is 18.0 Å². The van der Waals surface area contributed by atoms with Crippen LogP contribution in [-0.2, 0) is 22.3 Å². The van der Waals surface area contributed by atoms with Gasteiger partial charge in [0.25, 0.3) is 0 Å². The molecule has 3 rings (SSSR count). The molecule has 0 bridgehead atoms.